The molecule has 1 aromatic heterocycles. The van der Waals surface area contributed by atoms with Gasteiger partial charge in [-0.1, -0.05) is 41.9 Å². The molecule has 0 unspecified atom stereocenters. The number of aromatic nitrogens is 1. The number of amides is 1. The zero-order chi connectivity index (χ0) is 17.6. The number of rotatable bonds is 7. The van der Waals surface area contributed by atoms with E-state index in [4.69, 9.17) is 11.6 Å². The van der Waals surface area contributed by atoms with Crippen LogP contribution in [-0.2, 0) is 11.2 Å². The van der Waals surface area contributed by atoms with Crippen molar-refractivity contribution in [2.45, 2.75) is 19.4 Å². The molecule has 0 aliphatic heterocycles. The number of carbonyl (C=O) groups excluding carboxylic acids is 1. The molecule has 0 spiro atoms. The van der Waals surface area contributed by atoms with Gasteiger partial charge in [-0.15, -0.1) is 0 Å². The van der Waals surface area contributed by atoms with E-state index < -0.39 is 0 Å². The summed E-state index contributed by atoms with van der Waals surface area (Å²) >= 11 is 6.01. The molecule has 0 fully saturated rings. The predicted molar refractivity (Wildman–Crippen MR) is 102 cm³/mol. The van der Waals surface area contributed by atoms with E-state index in [1.165, 1.54) is 10.9 Å². The van der Waals surface area contributed by atoms with Gasteiger partial charge in [-0.05, 0) is 37.1 Å². The molecule has 4 N–H and O–H groups in total. The Balaban J connectivity index is 1.44. The van der Waals surface area contributed by atoms with Gasteiger partial charge in [-0.25, -0.2) is 0 Å². The highest BCUT2D eigenvalue weighted by Gasteiger charge is 2.12. The minimum absolute atomic E-state index is 0.0497. The van der Waals surface area contributed by atoms with E-state index in [1.807, 2.05) is 47.9 Å². The summed E-state index contributed by atoms with van der Waals surface area (Å²) < 4.78 is 0. The number of quaternary nitrogens is 1. The molecule has 1 heterocycles. The lowest BCUT2D eigenvalue weighted by molar-refractivity contribution is -0.682. The lowest BCUT2D eigenvalue weighted by atomic mass is 10.1. The number of carbonyl (C=O) groups is 1. The van der Waals surface area contributed by atoms with E-state index in [-0.39, 0.29) is 11.9 Å². The molecule has 3 rings (SSSR count). The normalized spacial score (nSPS) is 12.2. The van der Waals surface area contributed by atoms with Crippen LogP contribution in [-0.4, -0.2) is 24.0 Å². The Hall–Kier alpha value is -2.30. The second kappa shape index (κ2) is 8.19. The van der Waals surface area contributed by atoms with Gasteiger partial charge < -0.3 is 15.6 Å². The summed E-state index contributed by atoms with van der Waals surface area (Å²) in [5, 5.41) is 6.96. The van der Waals surface area contributed by atoms with Crippen LogP contribution in [0, 0.1) is 0 Å². The molecular formula is C20H23ClN3O+. The number of hydrogen-bond acceptors (Lipinski definition) is 1. The number of H-pyrrole nitrogens is 1. The summed E-state index contributed by atoms with van der Waals surface area (Å²) in [6.07, 6.45) is 2.84. The van der Waals surface area contributed by atoms with Crippen molar-refractivity contribution in [1.29, 1.82) is 0 Å². The highest BCUT2D eigenvalue weighted by atomic mass is 35.5. The number of para-hydroxylation sites is 1. The van der Waals surface area contributed by atoms with Crippen LogP contribution in [0.5, 0.6) is 0 Å². The van der Waals surface area contributed by atoms with Crippen LogP contribution in [0.1, 0.15) is 24.1 Å². The van der Waals surface area contributed by atoms with Crippen molar-refractivity contribution < 1.29 is 10.1 Å². The number of fused-ring (bicyclic) bond motifs is 1. The average molecular weight is 357 g/mol. The van der Waals surface area contributed by atoms with E-state index >= 15 is 0 Å². The Morgan fingerprint density at radius 3 is 2.92 bits per heavy atom. The molecule has 0 saturated heterocycles. The number of benzene rings is 2. The minimum atomic E-state index is 0.0497. The first-order chi connectivity index (χ1) is 12.1. The van der Waals surface area contributed by atoms with Crippen molar-refractivity contribution in [2.75, 3.05) is 13.1 Å². The van der Waals surface area contributed by atoms with Crippen molar-refractivity contribution in [2.24, 2.45) is 0 Å². The van der Waals surface area contributed by atoms with Gasteiger partial charge in [0.25, 0.3) is 5.91 Å². The molecule has 130 valence electrons. The third-order valence-corrected chi connectivity index (χ3v) is 4.66. The second-order valence-electron chi connectivity index (χ2n) is 6.24. The number of hydrogen-bond donors (Lipinski definition) is 3. The van der Waals surface area contributed by atoms with Gasteiger partial charge in [-0.3, -0.25) is 4.79 Å². The molecule has 1 atom stereocenters. The molecule has 0 saturated carbocycles. The Morgan fingerprint density at radius 1 is 1.24 bits per heavy atom. The van der Waals surface area contributed by atoms with Crippen LogP contribution in [0.2, 0.25) is 5.02 Å². The zero-order valence-corrected chi connectivity index (χ0v) is 15.0. The van der Waals surface area contributed by atoms with Gasteiger partial charge in [0.2, 0.25) is 0 Å². The molecule has 2 aromatic carbocycles. The first kappa shape index (κ1) is 17.5. The van der Waals surface area contributed by atoms with E-state index in [1.54, 1.807) is 0 Å². The van der Waals surface area contributed by atoms with Crippen molar-refractivity contribution in [3.63, 3.8) is 0 Å². The van der Waals surface area contributed by atoms with Gasteiger partial charge >= 0.3 is 0 Å². The van der Waals surface area contributed by atoms with E-state index in [2.05, 4.69) is 29.4 Å². The highest BCUT2D eigenvalue weighted by molar-refractivity contribution is 6.30. The van der Waals surface area contributed by atoms with Gasteiger partial charge in [0.1, 0.15) is 6.04 Å². The van der Waals surface area contributed by atoms with E-state index in [9.17, 15) is 4.79 Å². The molecule has 0 aliphatic carbocycles. The van der Waals surface area contributed by atoms with Crippen molar-refractivity contribution in [3.05, 3.63) is 70.9 Å². The molecule has 25 heavy (non-hydrogen) atoms. The zero-order valence-electron chi connectivity index (χ0n) is 14.3. The summed E-state index contributed by atoms with van der Waals surface area (Å²) in [6, 6.07) is 16.2. The Labute approximate surface area is 152 Å². The first-order valence-corrected chi connectivity index (χ1v) is 8.92. The standard InChI is InChI=1S/C20H22ClN3O/c1-14(15-5-4-6-17(21)11-15)23-13-20(25)22-10-9-16-12-24-19-8-3-2-7-18(16)19/h2-8,11-12,14,23-24H,9-10,13H2,1H3,(H,22,25)/p+1/t14-/m0/s1. The minimum Gasteiger partial charge on any atom is -0.361 e. The third-order valence-electron chi connectivity index (χ3n) is 4.42. The van der Waals surface area contributed by atoms with Gasteiger partial charge in [0.15, 0.2) is 6.54 Å². The molecule has 1 amide bonds. The van der Waals surface area contributed by atoms with Crippen LogP contribution >= 0.6 is 11.6 Å². The number of halogens is 1. The number of nitrogens with two attached hydrogens (primary N) is 1. The molecule has 0 radical (unpaired) electrons. The second-order valence-corrected chi connectivity index (χ2v) is 6.68. The third kappa shape index (κ3) is 4.62. The maximum atomic E-state index is 12.1. The molecule has 5 heteroatoms. The van der Waals surface area contributed by atoms with Crippen molar-refractivity contribution in [1.82, 2.24) is 10.3 Å². The van der Waals surface area contributed by atoms with Crippen molar-refractivity contribution >= 4 is 28.4 Å². The average Bonchev–Trinajstić information content (AvgIpc) is 3.03. The maximum absolute atomic E-state index is 12.1. The summed E-state index contributed by atoms with van der Waals surface area (Å²) in [5.74, 6) is 0.0497. The Morgan fingerprint density at radius 2 is 2.08 bits per heavy atom. The summed E-state index contributed by atoms with van der Waals surface area (Å²) in [5.41, 5.74) is 3.48. The van der Waals surface area contributed by atoms with E-state index in [0.29, 0.717) is 13.1 Å². The largest absolute Gasteiger partial charge is 0.361 e. The number of aromatic amines is 1. The van der Waals surface area contributed by atoms with Crippen LogP contribution in [0.15, 0.2) is 54.7 Å². The molecule has 0 bridgehead atoms. The summed E-state index contributed by atoms with van der Waals surface area (Å²) in [6.45, 7) is 3.12. The summed E-state index contributed by atoms with van der Waals surface area (Å²) in [4.78, 5) is 15.3. The van der Waals surface area contributed by atoms with Crippen LogP contribution in [0.25, 0.3) is 10.9 Å². The Kier molecular flexibility index (Phi) is 5.74. The van der Waals surface area contributed by atoms with Crippen LogP contribution < -0.4 is 10.6 Å². The Bertz CT molecular complexity index is 859. The van der Waals surface area contributed by atoms with Crippen LogP contribution in [0.3, 0.4) is 0 Å². The SMILES string of the molecule is C[C@H]([NH2+]CC(=O)NCCc1c[nH]c2ccccc12)c1cccc(Cl)c1. The van der Waals surface area contributed by atoms with Crippen LogP contribution in [0.4, 0.5) is 0 Å². The van der Waals surface area contributed by atoms with Gasteiger partial charge in [0, 0.05) is 34.2 Å². The molecule has 4 nitrogen and oxygen atoms in total. The lowest BCUT2D eigenvalue weighted by Gasteiger charge is -2.11. The molecule has 0 aliphatic rings. The fourth-order valence-corrected chi connectivity index (χ4v) is 3.16. The van der Waals surface area contributed by atoms with Gasteiger partial charge in [-0.2, -0.15) is 0 Å². The number of nitrogens with one attached hydrogen (secondary N) is 2. The molecular weight excluding hydrogens is 334 g/mol. The lowest BCUT2D eigenvalue weighted by Crippen LogP contribution is -2.87. The maximum Gasteiger partial charge on any atom is 0.275 e. The smallest absolute Gasteiger partial charge is 0.275 e. The van der Waals surface area contributed by atoms with Gasteiger partial charge in [0.05, 0.1) is 0 Å². The fraction of sp³-hybridized carbons (Fsp3) is 0.250. The quantitative estimate of drug-likeness (QED) is 0.599. The highest BCUT2D eigenvalue weighted by Crippen LogP contribution is 2.17. The first-order valence-electron chi connectivity index (χ1n) is 8.54. The molecule has 3 aromatic rings. The van der Waals surface area contributed by atoms with Crippen molar-refractivity contribution in [3.8, 4) is 0 Å². The van der Waals surface area contributed by atoms with E-state index in [0.717, 1.165) is 22.5 Å². The fourth-order valence-electron chi connectivity index (χ4n) is 2.96. The predicted octanol–water partition coefficient (Wildman–Crippen LogP) is 2.80. The topological polar surface area (TPSA) is 61.5 Å². The summed E-state index contributed by atoms with van der Waals surface area (Å²) in [7, 11) is 0. The monoisotopic (exact) mass is 356 g/mol.